The van der Waals surface area contributed by atoms with Crippen LogP contribution in [0.1, 0.15) is 28.8 Å². The lowest BCUT2D eigenvalue weighted by atomic mass is 10.1. The Kier molecular flexibility index (Phi) is 3.78. The smallest absolute Gasteiger partial charge is 0.191 e. The summed E-state index contributed by atoms with van der Waals surface area (Å²) < 4.78 is 1.90. The number of nitrogens with zero attached hydrogens (tertiary/aromatic N) is 3. The van der Waals surface area contributed by atoms with E-state index in [0.717, 1.165) is 33.1 Å². The Bertz CT molecular complexity index is 849. The number of ketones is 1. The molecule has 0 aliphatic carbocycles. The SMILES string of the molecule is Cc1[nH]c2ccccc2c1C(=O)[C@@H](C)Sc1nnc(C)n1C. The molecule has 0 fully saturated rings. The fourth-order valence-corrected chi connectivity index (χ4v) is 3.42. The van der Waals surface area contributed by atoms with E-state index in [0.29, 0.717) is 0 Å². The van der Waals surface area contributed by atoms with Crippen LogP contribution in [-0.2, 0) is 7.05 Å². The summed E-state index contributed by atoms with van der Waals surface area (Å²) in [6.07, 6.45) is 0. The van der Waals surface area contributed by atoms with Gasteiger partial charge in [-0.2, -0.15) is 0 Å². The molecular weight excluding hydrogens is 296 g/mol. The van der Waals surface area contributed by atoms with E-state index >= 15 is 0 Å². The molecule has 0 aliphatic heterocycles. The van der Waals surface area contributed by atoms with Crippen molar-refractivity contribution in [2.24, 2.45) is 7.05 Å². The van der Waals surface area contributed by atoms with Crippen LogP contribution in [-0.4, -0.2) is 30.8 Å². The monoisotopic (exact) mass is 314 g/mol. The fraction of sp³-hybridized carbons (Fsp3) is 0.312. The van der Waals surface area contributed by atoms with Gasteiger partial charge in [0.05, 0.1) is 5.25 Å². The summed E-state index contributed by atoms with van der Waals surface area (Å²) in [5.41, 5.74) is 2.68. The summed E-state index contributed by atoms with van der Waals surface area (Å²) in [4.78, 5) is 16.1. The van der Waals surface area contributed by atoms with Gasteiger partial charge < -0.3 is 9.55 Å². The highest BCUT2D eigenvalue weighted by Gasteiger charge is 2.23. The number of aryl methyl sites for hydroxylation is 2. The molecule has 0 unspecified atom stereocenters. The van der Waals surface area contributed by atoms with E-state index in [2.05, 4.69) is 15.2 Å². The van der Waals surface area contributed by atoms with Crippen LogP contribution in [0.2, 0.25) is 0 Å². The predicted octanol–water partition coefficient (Wildman–Crippen LogP) is 3.28. The third-order valence-electron chi connectivity index (χ3n) is 3.84. The van der Waals surface area contributed by atoms with Crippen LogP contribution >= 0.6 is 11.8 Å². The molecule has 22 heavy (non-hydrogen) atoms. The summed E-state index contributed by atoms with van der Waals surface area (Å²) in [5.74, 6) is 0.950. The molecule has 3 aromatic rings. The number of Topliss-reactive ketones (excluding diaryl/α,β-unsaturated/α-hetero) is 1. The number of rotatable bonds is 4. The predicted molar refractivity (Wildman–Crippen MR) is 88.4 cm³/mol. The van der Waals surface area contributed by atoms with Gasteiger partial charge in [0.2, 0.25) is 0 Å². The number of benzene rings is 1. The highest BCUT2D eigenvalue weighted by Crippen LogP contribution is 2.29. The number of aromatic amines is 1. The minimum Gasteiger partial charge on any atom is -0.358 e. The molecule has 2 heterocycles. The number of carbonyl (C=O) groups excluding carboxylic acids is 1. The van der Waals surface area contributed by atoms with Crippen molar-refractivity contribution in [1.29, 1.82) is 0 Å². The van der Waals surface area contributed by atoms with Crippen LogP contribution in [0, 0.1) is 13.8 Å². The lowest BCUT2D eigenvalue weighted by Crippen LogP contribution is -2.15. The number of carbonyl (C=O) groups is 1. The molecule has 3 rings (SSSR count). The van der Waals surface area contributed by atoms with Crippen LogP contribution in [0.4, 0.5) is 0 Å². The van der Waals surface area contributed by atoms with Crippen LogP contribution < -0.4 is 0 Å². The minimum absolute atomic E-state index is 0.112. The topological polar surface area (TPSA) is 63.6 Å². The summed E-state index contributed by atoms with van der Waals surface area (Å²) in [7, 11) is 1.91. The zero-order chi connectivity index (χ0) is 15.9. The van der Waals surface area contributed by atoms with Gasteiger partial charge in [-0.3, -0.25) is 4.79 Å². The van der Waals surface area contributed by atoms with Gasteiger partial charge in [-0.25, -0.2) is 0 Å². The minimum atomic E-state index is -0.222. The van der Waals surface area contributed by atoms with Gasteiger partial charge in [0, 0.05) is 29.2 Å². The summed E-state index contributed by atoms with van der Waals surface area (Å²) in [5, 5.41) is 9.67. The number of hydrogen-bond acceptors (Lipinski definition) is 4. The quantitative estimate of drug-likeness (QED) is 0.593. The second-order valence-corrected chi connectivity index (χ2v) is 6.69. The lowest BCUT2D eigenvalue weighted by molar-refractivity contribution is 0.0995. The lowest BCUT2D eigenvalue weighted by Gasteiger charge is -2.10. The average molecular weight is 314 g/mol. The molecule has 0 amide bonds. The van der Waals surface area contributed by atoms with Gasteiger partial charge in [-0.15, -0.1) is 10.2 Å². The maximum absolute atomic E-state index is 12.9. The van der Waals surface area contributed by atoms with Gasteiger partial charge in [0.1, 0.15) is 5.82 Å². The van der Waals surface area contributed by atoms with Crippen LogP contribution in [0.5, 0.6) is 0 Å². The van der Waals surface area contributed by atoms with Crippen molar-refractivity contribution in [3.8, 4) is 0 Å². The van der Waals surface area contributed by atoms with Crippen molar-refractivity contribution >= 4 is 28.4 Å². The molecule has 0 bridgehead atoms. The van der Waals surface area contributed by atoms with E-state index in [-0.39, 0.29) is 11.0 Å². The fourth-order valence-electron chi connectivity index (χ4n) is 2.50. The molecule has 1 N–H and O–H groups in total. The number of aromatic nitrogens is 4. The molecular formula is C16H18N4OS. The van der Waals surface area contributed by atoms with Crippen molar-refractivity contribution in [3.05, 3.63) is 41.3 Å². The molecule has 0 saturated carbocycles. The number of thioether (sulfide) groups is 1. The summed E-state index contributed by atoms with van der Waals surface area (Å²) in [6.45, 7) is 5.75. The highest BCUT2D eigenvalue weighted by atomic mass is 32.2. The number of hydrogen-bond donors (Lipinski definition) is 1. The average Bonchev–Trinajstić information content (AvgIpc) is 2.99. The summed E-state index contributed by atoms with van der Waals surface area (Å²) >= 11 is 1.44. The van der Waals surface area contributed by atoms with E-state index in [4.69, 9.17) is 0 Å². The van der Waals surface area contributed by atoms with Crippen LogP contribution in [0.3, 0.4) is 0 Å². The molecule has 1 atom stereocenters. The molecule has 114 valence electrons. The van der Waals surface area contributed by atoms with Crippen molar-refractivity contribution in [1.82, 2.24) is 19.7 Å². The maximum atomic E-state index is 12.9. The van der Waals surface area contributed by atoms with E-state index < -0.39 is 0 Å². The third-order valence-corrected chi connectivity index (χ3v) is 4.98. The first-order valence-electron chi connectivity index (χ1n) is 7.13. The zero-order valence-electron chi connectivity index (χ0n) is 13.0. The summed E-state index contributed by atoms with van der Waals surface area (Å²) in [6, 6.07) is 7.89. The first-order valence-corrected chi connectivity index (χ1v) is 8.01. The normalized spacial score (nSPS) is 12.7. The molecule has 5 nitrogen and oxygen atoms in total. The van der Waals surface area contributed by atoms with Crippen molar-refractivity contribution in [3.63, 3.8) is 0 Å². The Balaban J connectivity index is 1.92. The Morgan fingerprint density at radius 3 is 2.68 bits per heavy atom. The molecule has 0 saturated heterocycles. The van der Waals surface area contributed by atoms with Crippen molar-refractivity contribution < 1.29 is 4.79 Å². The number of fused-ring (bicyclic) bond motifs is 1. The first-order chi connectivity index (χ1) is 10.5. The molecule has 0 aliphatic rings. The Morgan fingerprint density at radius 1 is 1.27 bits per heavy atom. The first kappa shape index (κ1) is 14.8. The Labute approximate surface area is 133 Å². The number of para-hydroxylation sites is 1. The van der Waals surface area contributed by atoms with Gasteiger partial charge in [0.25, 0.3) is 0 Å². The van der Waals surface area contributed by atoms with E-state index in [1.54, 1.807) is 0 Å². The third kappa shape index (κ3) is 2.43. The molecule has 1 aromatic carbocycles. The van der Waals surface area contributed by atoms with E-state index in [9.17, 15) is 4.79 Å². The van der Waals surface area contributed by atoms with Crippen LogP contribution in [0.25, 0.3) is 10.9 Å². The number of H-pyrrole nitrogens is 1. The van der Waals surface area contributed by atoms with Crippen LogP contribution in [0.15, 0.2) is 29.4 Å². The molecule has 6 heteroatoms. The molecule has 0 radical (unpaired) electrons. The number of nitrogens with one attached hydrogen (secondary N) is 1. The second-order valence-electron chi connectivity index (χ2n) is 5.38. The van der Waals surface area contributed by atoms with Gasteiger partial charge >= 0.3 is 0 Å². The molecule has 2 aromatic heterocycles. The molecule has 0 spiro atoms. The van der Waals surface area contributed by atoms with E-state index in [1.165, 1.54) is 11.8 Å². The van der Waals surface area contributed by atoms with Crippen molar-refractivity contribution in [2.45, 2.75) is 31.2 Å². The van der Waals surface area contributed by atoms with Gasteiger partial charge in [-0.1, -0.05) is 30.0 Å². The standard InChI is InChI=1S/C16H18N4OS/c1-9-14(12-7-5-6-8-13(12)17-9)15(21)10(2)22-16-19-18-11(3)20(16)4/h5-8,10,17H,1-4H3/t10-/m1/s1. The zero-order valence-corrected chi connectivity index (χ0v) is 13.9. The second kappa shape index (κ2) is 5.61. The van der Waals surface area contributed by atoms with Gasteiger partial charge in [0.15, 0.2) is 10.9 Å². The highest BCUT2D eigenvalue weighted by molar-refractivity contribution is 8.00. The maximum Gasteiger partial charge on any atom is 0.191 e. The van der Waals surface area contributed by atoms with Gasteiger partial charge in [-0.05, 0) is 26.8 Å². The Hall–Kier alpha value is -2.08. The Morgan fingerprint density at radius 2 is 2.00 bits per heavy atom. The van der Waals surface area contributed by atoms with E-state index in [1.807, 2.05) is 56.7 Å². The largest absolute Gasteiger partial charge is 0.358 e. The van der Waals surface area contributed by atoms with Crippen molar-refractivity contribution in [2.75, 3.05) is 0 Å².